The van der Waals surface area contributed by atoms with Crippen LogP contribution in [0.4, 0.5) is 5.69 Å². The van der Waals surface area contributed by atoms with Gasteiger partial charge in [-0.15, -0.1) is 0 Å². The number of nitrogens with zero attached hydrogens (tertiary/aromatic N) is 3. The molecule has 5 nitrogen and oxygen atoms in total. The van der Waals surface area contributed by atoms with Gasteiger partial charge in [-0.05, 0) is 24.7 Å². The number of hydrogen-bond acceptors (Lipinski definition) is 3. The van der Waals surface area contributed by atoms with Crippen molar-refractivity contribution in [3.63, 3.8) is 0 Å². The molecule has 0 aliphatic carbocycles. The van der Waals surface area contributed by atoms with Crippen LogP contribution in [0.1, 0.15) is 44.6 Å². The third kappa shape index (κ3) is 2.74. The van der Waals surface area contributed by atoms with Gasteiger partial charge >= 0.3 is 0 Å². The first-order chi connectivity index (χ1) is 8.82. The molecule has 1 fully saturated rings. The van der Waals surface area contributed by atoms with Crippen LogP contribution in [0.15, 0.2) is 6.20 Å². The van der Waals surface area contributed by atoms with Crippen molar-refractivity contribution in [1.82, 2.24) is 14.7 Å². The molecule has 2 rings (SSSR count). The fourth-order valence-electron chi connectivity index (χ4n) is 2.57. The standard InChI is InChI=1S/C14H24N4O/c1-5-18-9-11(15)12(16-18)13(19)17-7-6-10(8-17)14(2,3)4/h9-10H,5-8,15H2,1-4H3. The summed E-state index contributed by atoms with van der Waals surface area (Å²) in [6.45, 7) is 11.0. The van der Waals surface area contributed by atoms with E-state index in [1.807, 2.05) is 11.8 Å². The zero-order valence-electron chi connectivity index (χ0n) is 12.3. The fraction of sp³-hybridized carbons (Fsp3) is 0.714. The highest BCUT2D eigenvalue weighted by atomic mass is 16.2. The Bertz CT molecular complexity index is 472. The summed E-state index contributed by atoms with van der Waals surface area (Å²) in [5.74, 6) is 0.516. The Kier molecular flexibility index (Phi) is 3.56. The molecule has 2 N–H and O–H groups in total. The Morgan fingerprint density at radius 3 is 2.68 bits per heavy atom. The van der Waals surface area contributed by atoms with Crippen LogP contribution in [-0.2, 0) is 6.54 Å². The largest absolute Gasteiger partial charge is 0.396 e. The summed E-state index contributed by atoms with van der Waals surface area (Å²) in [6, 6.07) is 0. The molecule has 0 saturated carbocycles. The second-order valence-corrected chi connectivity index (χ2v) is 6.39. The van der Waals surface area contributed by atoms with Crippen LogP contribution >= 0.6 is 0 Å². The van der Waals surface area contributed by atoms with E-state index in [-0.39, 0.29) is 11.3 Å². The van der Waals surface area contributed by atoms with Crippen LogP contribution in [-0.4, -0.2) is 33.7 Å². The molecule has 0 bridgehead atoms. The lowest BCUT2D eigenvalue weighted by Gasteiger charge is -2.26. The van der Waals surface area contributed by atoms with Crippen LogP contribution in [0, 0.1) is 11.3 Å². The highest BCUT2D eigenvalue weighted by molar-refractivity contribution is 5.97. The maximum Gasteiger partial charge on any atom is 0.276 e. The second-order valence-electron chi connectivity index (χ2n) is 6.39. The van der Waals surface area contributed by atoms with Gasteiger partial charge in [0.05, 0.1) is 5.69 Å². The summed E-state index contributed by atoms with van der Waals surface area (Å²) in [4.78, 5) is 14.3. The lowest BCUT2D eigenvalue weighted by atomic mass is 9.80. The third-order valence-corrected chi connectivity index (χ3v) is 4.02. The zero-order chi connectivity index (χ0) is 14.2. The molecule has 1 saturated heterocycles. The quantitative estimate of drug-likeness (QED) is 0.888. The van der Waals surface area contributed by atoms with E-state index >= 15 is 0 Å². The minimum Gasteiger partial charge on any atom is -0.396 e. The maximum atomic E-state index is 12.4. The number of amides is 1. The highest BCUT2D eigenvalue weighted by Gasteiger charge is 2.35. The van der Waals surface area contributed by atoms with E-state index in [9.17, 15) is 4.79 Å². The van der Waals surface area contributed by atoms with Crippen LogP contribution in [0.5, 0.6) is 0 Å². The van der Waals surface area contributed by atoms with E-state index in [2.05, 4.69) is 25.9 Å². The Morgan fingerprint density at radius 1 is 1.53 bits per heavy atom. The predicted octanol–water partition coefficient (Wildman–Crippen LogP) is 1.99. The summed E-state index contributed by atoms with van der Waals surface area (Å²) in [5.41, 5.74) is 6.99. The van der Waals surface area contributed by atoms with Crippen LogP contribution < -0.4 is 5.73 Å². The molecule has 0 radical (unpaired) electrons. The first-order valence-corrected chi connectivity index (χ1v) is 6.95. The summed E-state index contributed by atoms with van der Waals surface area (Å²) in [5, 5.41) is 4.26. The predicted molar refractivity (Wildman–Crippen MR) is 75.8 cm³/mol. The van der Waals surface area contributed by atoms with Crippen molar-refractivity contribution >= 4 is 11.6 Å². The van der Waals surface area contributed by atoms with Crippen molar-refractivity contribution in [3.8, 4) is 0 Å². The van der Waals surface area contributed by atoms with E-state index < -0.39 is 0 Å². The number of hydrogen-bond donors (Lipinski definition) is 1. The van der Waals surface area contributed by atoms with E-state index in [0.29, 0.717) is 17.3 Å². The van der Waals surface area contributed by atoms with Crippen molar-refractivity contribution in [2.75, 3.05) is 18.8 Å². The number of anilines is 1. The molecule has 1 aromatic rings. The smallest absolute Gasteiger partial charge is 0.276 e. The molecule has 1 aliphatic heterocycles. The highest BCUT2D eigenvalue weighted by Crippen LogP contribution is 2.34. The molecule has 19 heavy (non-hydrogen) atoms. The molecular formula is C14H24N4O. The average molecular weight is 264 g/mol. The van der Waals surface area contributed by atoms with E-state index in [1.165, 1.54) is 0 Å². The normalized spacial score (nSPS) is 20.0. The first-order valence-electron chi connectivity index (χ1n) is 6.95. The van der Waals surface area contributed by atoms with Gasteiger partial charge in [-0.25, -0.2) is 0 Å². The minimum atomic E-state index is -0.0311. The number of rotatable bonds is 2. The molecule has 1 atom stereocenters. The molecule has 106 valence electrons. The third-order valence-electron chi connectivity index (χ3n) is 4.02. The molecule has 5 heteroatoms. The van der Waals surface area contributed by atoms with Crippen LogP contribution in [0.2, 0.25) is 0 Å². The van der Waals surface area contributed by atoms with Gasteiger partial charge in [0.15, 0.2) is 5.69 Å². The Morgan fingerprint density at radius 2 is 2.21 bits per heavy atom. The summed E-state index contributed by atoms with van der Waals surface area (Å²) >= 11 is 0. The fourth-order valence-corrected chi connectivity index (χ4v) is 2.57. The van der Waals surface area contributed by atoms with Crippen molar-refractivity contribution in [3.05, 3.63) is 11.9 Å². The van der Waals surface area contributed by atoms with E-state index in [1.54, 1.807) is 10.9 Å². The number of likely N-dealkylation sites (tertiary alicyclic amines) is 1. The summed E-state index contributed by atoms with van der Waals surface area (Å²) in [6.07, 6.45) is 2.79. The Balaban J connectivity index is 2.11. The van der Waals surface area contributed by atoms with Gasteiger partial charge in [0.1, 0.15) is 0 Å². The molecule has 1 unspecified atom stereocenters. The molecule has 1 aliphatic rings. The number of nitrogen functional groups attached to an aromatic ring is 1. The minimum absolute atomic E-state index is 0.0311. The van der Waals surface area contributed by atoms with Gasteiger partial charge in [-0.3, -0.25) is 9.48 Å². The second kappa shape index (κ2) is 4.87. The van der Waals surface area contributed by atoms with Crippen molar-refractivity contribution < 1.29 is 4.79 Å². The Labute approximate surface area is 114 Å². The molecular weight excluding hydrogens is 240 g/mol. The lowest BCUT2D eigenvalue weighted by Crippen LogP contribution is -2.31. The van der Waals surface area contributed by atoms with Crippen LogP contribution in [0.25, 0.3) is 0 Å². The maximum absolute atomic E-state index is 12.4. The topological polar surface area (TPSA) is 64.2 Å². The van der Waals surface area contributed by atoms with Crippen molar-refractivity contribution in [1.29, 1.82) is 0 Å². The molecule has 1 aromatic heterocycles. The zero-order valence-corrected chi connectivity index (χ0v) is 12.3. The number of aryl methyl sites for hydroxylation is 1. The van der Waals surface area contributed by atoms with Gasteiger partial charge in [0, 0.05) is 25.8 Å². The monoisotopic (exact) mass is 264 g/mol. The lowest BCUT2D eigenvalue weighted by molar-refractivity contribution is 0.0771. The van der Waals surface area contributed by atoms with Gasteiger partial charge in [0.25, 0.3) is 5.91 Å². The Hall–Kier alpha value is -1.52. The van der Waals surface area contributed by atoms with Gasteiger partial charge in [0.2, 0.25) is 0 Å². The van der Waals surface area contributed by atoms with E-state index in [4.69, 9.17) is 5.73 Å². The van der Waals surface area contributed by atoms with Gasteiger partial charge < -0.3 is 10.6 Å². The van der Waals surface area contributed by atoms with Crippen molar-refractivity contribution in [2.24, 2.45) is 11.3 Å². The molecule has 0 aromatic carbocycles. The first kappa shape index (κ1) is 13.9. The average Bonchev–Trinajstić information content (AvgIpc) is 2.93. The number of carbonyl (C=O) groups excluding carboxylic acids is 1. The van der Waals surface area contributed by atoms with Crippen LogP contribution in [0.3, 0.4) is 0 Å². The molecule has 0 spiro atoms. The molecule has 1 amide bonds. The molecule has 2 heterocycles. The number of aromatic nitrogens is 2. The number of carbonyl (C=O) groups is 1. The van der Waals surface area contributed by atoms with Crippen molar-refractivity contribution in [2.45, 2.75) is 40.7 Å². The number of nitrogens with two attached hydrogens (primary N) is 1. The SMILES string of the molecule is CCn1cc(N)c(C(=O)N2CCC(C(C)(C)C)C2)n1. The van der Waals surface area contributed by atoms with Gasteiger partial charge in [-0.2, -0.15) is 5.10 Å². The summed E-state index contributed by atoms with van der Waals surface area (Å²) < 4.78 is 1.71. The summed E-state index contributed by atoms with van der Waals surface area (Å²) in [7, 11) is 0. The van der Waals surface area contributed by atoms with E-state index in [0.717, 1.165) is 26.1 Å². The van der Waals surface area contributed by atoms with Gasteiger partial charge in [-0.1, -0.05) is 20.8 Å².